The number of cyclic esters (lactones) is 1. The Labute approximate surface area is 205 Å². The van der Waals surface area contributed by atoms with Gasteiger partial charge in [0, 0.05) is 26.2 Å². The Balaban J connectivity index is 1.65. The average molecular weight is 493 g/mol. The number of hydrogen-bond donors (Lipinski definition) is 0. The topological polar surface area (TPSA) is 118 Å². The van der Waals surface area contributed by atoms with Gasteiger partial charge in [-0.3, -0.25) is 14.4 Å². The van der Waals surface area contributed by atoms with Crippen LogP contribution in [0.4, 0.5) is 0 Å². The summed E-state index contributed by atoms with van der Waals surface area (Å²) in [5, 5.41) is 0. The van der Waals surface area contributed by atoms with Gasteiger partial charge in [0.15, 0.2) is 6.10 Å². The molecule has 4 fully saturated rings. The van der Waals surface area contributed by atoms with Gasteiger partial charge in [-0.1, -0.05) is 19.9 Å². The Morgan fingerprint density at radius 3 is 2.31 bits per heavy atom. The zero-order valence-corrected chi connectivity index (χ0v) is 21.2. The van der Waals surface area contributed by atoms with Crippen molar-refractivity contribution < 1.29 is 42.9 Å². The molecule has 2 aliphatic carbocycles. The quantitative estimate of drug-likeness (QED) is 0.239. The normalized spacial score (nSPS) is 41.2. The van der Waals surface area contributed by atoms with Crippen LogP contribution in [0.1, 0.15) is 66.7 Å². The van der Waals surface area contributed by atoms with Crippen LogP contribution >= 0.6 is 0 Å². The first-order valence-corrected chi connectivity index (χ1v) is 12.4. The van der Waals surface area contributed by atoms with Crippen LogP contribution in [0.15, 0.2) is 11.6 Å². The molecule has 0 aromatic rings. The fourth-order valence-electron chi connectivity index (χ4n) is 7.14. The zero-order valence-electron chi connectivity index (χ0n) is 21.2. The van der Waals surface area contributed by atoms with Crippen molar-refractivity contribution >= 4 is 23.9 Å². The molecule has 2 heterocycles. The number of epoxide rings is 1. The molecule has 4 aliphatic rings. The lowest BCUT2D eigenvalue weighted by Gasteiger charge is -2.61. The third-order valence-electron chi connectivity index (χ3n) is 8.80. The lowest BCUT2D eigenvalue weighted by Crippen LogP contribution is -2.61. The first-order chi connectivity index (χ1) is 16.4. The van der Waals surface area contributed by atoms with Crippen LogP contribution in [0, 0.1) is 22.7 Å². The first-order valence-electron chi connectivity index (χ1n) is 12.4. The van der Waals surface area contributed by atoms with E-state index in [9.17, 15) is 19.2 Å². The molecule has 7 atom stereocenters. The number of rotatable bonds is 6. The van der Waals surface area contributed by atoms with E-state index in [2.05, 4.69) is 13.8 Å². The van der Waals surface area contributed by atoms with Gasteiger partial charge in [0.25, 0.3) is 0 Å². The van der Waals surface area contributed by atoms with Gasteiger partial charge in [-0.05, 0) is 49.4 Å². The first kappa shape index (κ1) is 25.7. The minimum Gasteiger partial charge on any atom is -0.465 e. The summed E-state index contributed by atoms with van der Waals surface area (Å²) >= 11 is 0. The monoisotopic (exact) mass is 492 g/mol. The highest BCUT2D eigenvalue weighted by molar-refractivity contribution is 5.92. The number of esters is 4. The Bertz CT molecular complexity index is 935. The molecule has 0 bridgehead atoms. The molecule has 2 aliphatic heterocycles. The minimum absolute atomic E-state index is 0.0287. The number of carbonyl (C=O) groups is 4. The molecule has 9 heteroatoms. The second kappa shape index (κ2) is 9.22. The van der Waals surface area contributed by atoms with E-state index in [4.69, 9.17) is 23.7 Å². The largest absolute Gasteiger partial charge is 0.465 e. The number of carbonyl (C=O) groups excluding carboxylic acids is 4. The molecule has 0 aromatic heterocycles. The molecule has 0 N–H and O–H groups in total. The van der Waals surface area contributed by atoms with Gasteiger partial charge in [-0.2, -0.15) is 0 Å². The maximum absolute atomic E-state index is 12.4. The van der Waals surface area contributed by atoms with E-state index in [1.165, 1.54) is 20.8 Å². The third kappa shape index (κ3) is 4.71. The van der Waals surface area contributed by atoms with Crippen LogP contribution < -0.4 is 0 Å². The molecule has 0 amide bonds. The molecule has 2 saturated carbocycles. The molecule has 0 radical (unpaired) electrons. The molecule has 0 unspecified atom stereocenters. The summed E-state index contributed by atoms with van der Waals surface area (Å²) in [6, 6.07) is 0. The van der Waals surface area contributed by atoms with Crippen molar-refractivity contribution in [3.63, 3.8) is 0 Å². The standard InChI is InChI=1S/C26H36O9/c1-15(27)32-13-25(5)20-8-11-26(14-33-26)21(24(20,4)10-9-22(25)35-17(3)29)7-6-18-19(34-16(2)28)12-31-23(18)30/h6,19-22H,7-14H2,1-5H3/b18-6+/t19-,20+,21+,22-,24-,25+,26+/m1/s1. The zero-order chi connectivity index (χ0) is 25.6. The highest BCUT2D eigenvalue weighted by Crippen LogP contribution is 2.66. The average Bonchev–Trinajstić information content (AvgIpc) is 3.45. The van der Waals surface area contributed by atoms with Gasteiger partial charge in [0.2, 0.25) is 0 Å². The van der Waals surface area contributed by atoms with Crippen molar-refractivity contribution in [2.24, 2.45) is 22.7 Å². The maximum atomic E-state index is 12.4. The smallest absolute Gasteiger partial charge is 0.337 e. The second-order valence-corrected chi connectivity index (χ2v) is 11.0. The molecule has 4 rings (SSSR count). The van der Waals surface area contributed by atoms with Gasteiger partial charge < -0.3 is 23.7 Å². The van der Waals surface area contributed by atoms with Crippen molar-refractivity contribution in [2.45, 2.75) is 84.5 Å². The van der Waals surface area contributed by atoms with E-state index >= 15 is 0 Å². The number of fused-ring (bicyclic) bond motifs is 1. The Morgan fingerprint density at radius 1 is 1.03 bits per heavy atom. The lowest BCUT2D eigenvalue weighted by atomic mass is 9.45. The van der Waals surface area contributed by atoms with Crippen molar-refractivity contribution in [3.8, 4) is 0 Å². The number of hydrogen-bond acceptors (Lipinski definition) is 9. The van der Waals surface area contributed by atoms with Crippen LogP contribution in [-0.4, -0.2) is 61.5 Å². The summed E-state index contributed by atoms with van der Waals surface area (Å²) in [5.41, 5.74) is -0.661. The summed E-state index contributed by atoms with van der Waals surface area (Å²) in [4.78, 5) is 47.5. The molecular weight excluding hydrogens is 456 g/mol. The van der Waals surface area contributed by atoms with Gasteiger partial charge in [-0.25, -0.2) is 4.79 Å². The fourth-order valence-corrected chi connectivity index (χ4v) is 7.14. The van der Waals surface area contributed by atoms with Gasteiger partial charge in [0.1, 0.15) is 19.3 Å². The summed E-state index contributed by atoms with van der Waals surface area (Å²) in [6.45, 7) is 9.26. The Hall–Kier alpha value is -2.42. The molecule has 1 spiro atoms. The molecule has 35 heavy (non-hydrogen) atoms. The molecule has 9 nitrogen and oxygen atoms in total. The molecule has 194 valence electrons. The van der Waals surface area contributed by atoms with Crippen LogP contribution in [0.5, 0.6) is 0 Å². The summed E-state index contributed by atoms with van der Waals surface area (Å²) < 4.78 is 27.8. The third-order valence-corrected chi connectivity index (χ3v) is 8.80. The number of allylic oxidation sites excluding steroid dienone is 1. The van der Waals surface area contributed by atoms with Crippen molar-refractivity contribution in [1.29, 1.82) is 0 Å². The van der Waals surface area contributed by atoms with Crippen molar-refractivity contribution in [3.05, 3.63) is 11.6 Å². The van der Waals surface area contributed by atoms with Crippen molar-refractivity contribution in [2.75, 3.05) is 19.8 Å². The van der Waals surface area contributed by atoms with Gasteiger partial charge >= 0.3 is 23.9 Å². The SMILES string of the molecule is CC(=O)OC[C@@]1(C)[C@H]2CC[C@]3(CO3)[C@@H](C/C=C3/C(=O)OC[C@H]3OC(C)=O)[C@]2(C)CC[C@H]1OC(C)=O. The van der Waals surface area contributed by atoms with Crippen LogP contribution in [0.2, 0.25) is 0 Å². The van der Waals surface area contributed by atoms with E-state index in [1.807, 2.05) is 6.08 Å². The Morgan fingerprint density at radius 2 is 1.71 bits per heavy atom. The highest BCUT2D eigenvalue weighted by atomic mass is 16.6. The summed E-state index contributed by atoms with van der Waals surface area (Å²) in [6.07, 6.45) is 4.51. The predicted octanol–water partition coefficient (Wildman–Crippen LogP) is 2.89. The Kier molecular flexibility index (Phi) is 6.76. The van der Waals surface area contributed by atoms with Gasteiger partial charge in [-0.15, -0.1) is 0 Å². The van der Waals surface area contributed by atoms with E-state index in [1.54, 1.807) is 0 Å². The van der Waals surface area contributed by atoms with E-state index in [-0.39, 0.29) is 54.1 Å². The molecular formula is C26H36O9. The maximum Gasteiger partial charge on any atom is 0.337 e. The van der Waals surface area contributed by atoms with E-state index in [0.717, 1.165) is 19.3 Å². The lowest BCUT2D eigenvalue weighted by molar-refractivity contribution is -0.201. The summed E-state index contributed by atoms with van der Waals surface area (Å²) in [5.74, 6) is -1.44. The molecule has 0 aromatic carbocycles. The van der Waals surface area contributed by atoms with E-state index < -0.39 is 23.5 Å². The summed E-state index contributed by atoms with van der Waals surface area (Å²) in [7, 11) is 0. The van der Waals surface area contributed by atoms with Gasteiger partial charge in [0.05, 0.1) is 17.8 Å². The van der Waals surface area contributed by atoms with Crippen LogP contribution in [0.3, 0.4) is 0 Å². The highest BCUT2D eigenvalue weighted by Gasteiger charge is 2.67. The van der Waals surface area contributed by atoms with Crippen LogP contribution in [-0.2, 0) is 42.9 Å². The number of ether oxygens (including phenoxy) is 5. The van der Waals surface area contributed by atoms with E-state index in [0.29, 0.717) is 25.0 Å². The van der Waals surface area contributed by atoms with Crippen LogP contribution in [0.25, 0.3) is 0 Å². The minimum atomic E-state index is -0.697. The predicted molar refractivity (Wildman–Crippen MR) is 122 cm³/mol. The fraction of sp³-hybridized carbons (Fsp3) is 0.769. The molecule has 2 saturated heterocycles. The second-order valence-electron chi connectivity index (χ2n) is 11.0. The van der Waals surface area contributed by atoms with Crippen molar-refractivity contribution in [1.82, 2.24) is 0 Å².